The summed E-state index contributed by atoms with van der Waals surface area (Å²) in [6.45, 7) is 0. The fraction of sp³-hybridized carbons (Fsp3) is 0. The number of phenols is 7. The van der Waals surface area contributed by atoms with E-state index in [-0.39, 0.29) is 9.94 Å². The maximum Gasteiger partial charge on any atom is 0.202 e. The standard InChI is InChI=1S/C12H7B2BrO7/c13-3-1(7(17)12(22)10(20)5(3)15)2-6(16)4(14)9(19)11(21)8(2)18/h16-22H. The van der Waals surface area contributed by atoms with E-state index in [9.17, 15) is 35.7 Å². The zero-order chi connectivity index (χ0) is 16.9. The molecule has 0 atom stereocenters. The van der Waals surface area contributed by atoms with Gasteiger partial charge in [-0.05, 0) is 21.4 Å². The molecule has 0 fully saturated rings. The second kappa shape index (κ2) is 5.13. The van der Waals surface area contributed by atoms with Crippen molar-refractivity contribution in [1.29, 1.82) is 0 Å². The molecule has 2 aromatic carbocycles. The van der Waals surface area contributed by atoms with Gasteiger partial charge in [0.1, 0.15) is 21.4 Å². The zero-order valence-corrected chi connectivity index (χ0v) is 12.2. The molecular weight excluding hydrogens is 358 g/mol. The first-order valence-electron chi connectivity index (χ1n) is 5.58. The molecule has 0 aromatic heterocycles. The van der Waals surface area contributed by atoms with Crippen LogP contribution in [0, 0.1) is 0 Å². The molecule has 0 saturated carbocycles. The van der Waals surface area contributed by atoms with Crippen LogP contribution in [0.2, 0.25) is 0 Å². The average Bonchev–Trinajstić information content (AvgIpc) is 2.50. The topological polar surface area (TPSA) is 142 Å². The summed E-state index contributed by atoms with van der Waals surface area (Å²) in [4.78, 5) is 0. The number of halogens is 1. The van der Waals surface area contributed by atoms with E-state index in [0.29, 0.717) is 0 Å². The number of hydrogen-bond donors (Lipinski definition) is 7. The van der Waals surface area contributed by atoms with Crippen LogP contribution in [0.1, 0.15) is 0 Å². The lowest BCUT2D eigenvalue weighted by molar-refractivity contribution is 0.362. The Morgan fingerprint density at radius 1 is 0.500 bits per heavy atom. The van der Waals surface area contributed by atoms with E-state index in [1.807, 2.05) is 0 Å². The molecule has 7 nitrogen and oxygen atoms in total. The summed E-state index contributed by atoms with van der Waals surface area (Å²) in [5.41, 5.74) is -2.21. The van der Waals surface area contributed by atoms with Gasteiger partial charge in [0.05, 0.1) is 10.0 Å². The van der Waals surface area contributed by atoms with Gasteiger partial charge in [0.15, 0.2) is 23.0 Å². The van der Waals surface area contributed by atoms with Crippen molar-refractivity contribution in [3.05, 3.63) is 4.47 Å². The summed E-state index contributed by atoms with van der Waals surface area (Å²) < 4.78 is -0.234. The van der Waals surface area contributed by atoms with Crippen molar-refractivity contribution in [3.8, 4) is 51.4 Å². The molecule has 0 unspecified atom stereocenters. The van der Waals surface area contributed by atoms with Crippen LogP contribution in [0.3, 0.4) is 0 Å². The second-order valence-corrected chi connectivity index (χ2v) is 5.12. The van der Waals surface area contributed by atoms with Crippen molar-refractivity contribution >= 4 is 42.5 Å². The van der Waals surface area contributed by atoms with Gasteiger partial charge in [-0.25, -0.2) is 0 Å². The summed E-state index contributed by atoms with van der Waals surface area (Å²) in [5.74, 6) is -6.70. The summed E-state index contributed by atoms with van der Waals surface area (Å²) >= 11 is 2.86. The number of hydrogen-bond acceptors (Lipinski definition) is 7. The van der Waals surface area contributed by atoms with E-state index in [2.05, 4.69) is 15.9 Å². The highest BCUT2D eigenvalue weighted by Gasteiger charge is 2.28. The Balaban J connectivity index is 3.03. The lowest BCUT2D eigenvalue weighted by Crippen LogP contribution is -2.12. The van der Waals surface area contributed by atoms with E-state index in [4.69, 9.17) is 15.7 Å². The lowest BCUT2D eigenvalue weighted by atomic mass is 9.82. The molecule has 2 aromatic rings. The Bertz CT molecular complexity index is 682. The molecule has 2 rings (SSSR count). The highest BCUT2D eigenvalue weighted by molar-refractivity contribution is 9.10. The van der Waals surface area contributed by atoms with Crippen LogP contribution in [0.4, 0.5) is 0 Å². The SMILES string of the molecule is [B]c1c(O)c(O)c(O)c(-c2c([B])c(Br)c(O)c(O)c2O)c1O. The summed E-state index contributed by atoms with van der Waals surface area (Å²) in [5, 5.41) is 68.0. The fourth-order valence-electron chi connectivity index (χ4n) is 1.91. The Labute approximate surface area is 134 Å². The lowest BCUT2D eigenvalue weighted by Gasteiger charge is -2.19. The Kier molecular flexibility index (Phi) is 3.74. The van der Waals surface area contributed by atoms with Gasteiger partial charge in [0, 0.05) is 5.56 Å². The summed E-state index contributed by atoms with van der Waals surface area (Å²) in [6, 6.07) is 0. The van der Waals surface area contributed by atoms with Gasteiger partial charge < -0.3 is 35.7 Å². The van der Waals surface area contributed by atoms with Crippen LogP contribution >= 0.6 is 15.9 Å². The van der Waals surface area contributed by atoms with Gasteiger partial charge in [-0.15, -0.1) is 0 Å². The third-order valence-corrected chi connectivity index (χ3v) is 3.88. The minimum Gasteiger partial charge on any atom is -0.508 e. The number of phenolic OH excluding ortho intramolecular Hbond substituents is 7. The first-order valence-corrected chi connectivity index (χ1v) is 6.37. The Hall–Kier alpha value is -2.35. The van der Waals surface area contributed by atoms with Gasteiger partial charge in [0.2, 0.25) is 11.5 Å². The molecule has 4 radical (unpaired) electrons. The monoisotopic (exact) mass is 364 g/mol. The van der Waals surface area contributed by atoms with Crippen LogP contribution < -0.4 is 10.9 Å². The highest BCUT2D eigenvalue weighted by Crippen LogP contribution is 2.52. The van der Waals surface area contributed by atoms with Gasteiger partial charge >= 0.3 is 0 Å². The molecule has 0 aliphatic rings. The van der Waals surface area contributed by atoms with Crippen molar-refractivity contribution in [3.63, 3.8) is 0 Å². The van der Waals surface area contributed by atoms with Gasteiger partial charge in [-0.3, -0.25) is 0 Å². The zero-order valence-electron chi connectivity index (χ0n) is 10.7. The molecule has 0 spiro atoms. The first kappa shape index (κ1) is 16.0. The average molecular weight is 365 g/mol. The van der Waals surface area contributed by atoms with E-state index in [1.54, 1.807) is 0 Å². The predicted molar refractivity (Wildman–Crippen MR) is 82.0 cm³/mol. The molecule has 0 aliphatic carbocycles. The fourth-order valence-corrected chi connectivity index (χ4v) is 2.29. The van der Waals surface area contributed by atoms with E-state index in [1.165, 1.54) is 0 Å². The third kappa shape index (κ3) is 1.98. The van der Waals surface area contributed by atoms with Crippen LogP contribution in [0.15, 0.2) is 4.47 Å². The quantitative estimate of drug-likeness (QED) is 0.208. The second-order valence-electron chi connectivity index (χ2n) is 4.33. The smallest absolute Gasteiger partial charge is 0.202 e. The van der Waals surface area contributed by atoms with Crippen LogP contribution in [0.5, 0.6) is 40.2 Å². The first-order chi connectivity index (χ1) is 10.1. The normalized spacial score (nSPS) is 10.8. The number of rotatable bonds is 1. The molecule has 22 heavy (non-hydrogen) atoms. The summed E-state index contributed by atoms with van der Waals surface area (Å²) in [7, 11) is 11.1. The number of aromatic hydroxyl groups is 7. The molecule has 110 valence electrons. The maximum atomic E-state index is 9.95. The van der Waals surface area contributed by atoms with Crippen molar-refractivity contribution in [2.45, 2.75) is 0 Å². The van der Waals surface area contributed by atoms with Crippen molar-refractivity contribution in [2.75, 3.05) is 0 Å². The van der Waals surface area contributed by atoms with E-state index >= 15 is 0 Å². The summed E-state index contributed by atoms with van der Waals surface area (Å²) in [6.07, 6.45) is 0. The van der Waals surface area contributed by atoms with Crippen molar-refractivity contribution < 1.29 is 35.7 Å². The molecule has 0 bridgehead atoms. The molecule has 0 heterocycles. The molecule has 0 saturated heterocycles. The predicted octanol–water partition coefficient (Wildman–Crippen LogP) is -0.357. The minimum atomic E-state index is -1.06. The highest BCUT2D eigenvalue weighted by atomic mass is 79.9. The molecular formula is C12H7B2BrO7. The molecule has 0 aliphatic heterocycles. The maximum absolute atomic E-state index is 9.95. The molecule has 10 heteroatoms. The van der Waals surface area contributed by atoms with Crippen molar-refractivity contribution in [2.24, 2.45) is 0 Å². The minimum absolute atomic E-state index is 0.234. The van der Waals surface area contributed by atoms with E-state index < -0.39 is 56.8 Å². The Morgan fingerprint density at radius 3 is 1.50 bits per heavy atom. The number of benzene rings is 2. The van der Waals surface area contributed by atoms with Gasteiger partial charge in [-0.1, -0.05) is 5.46 Å². The van der Waals surface area contributed by atoms with Crippen LogP contribution in [0.25, 0.3) is 11.1 Å². The van der Waals surface area contributed by atoms with Crippen LogP contribution in [-0.2, 0) is 0 Å². The van der Waals surface area contributed by atoms with Gasteiger partial charge in [0.25, 0.3) is 0 Å². The third-order valence-electron chi connectivity index (χ3n) is 3.08. The van der Waals surface area contributed by atoms with Crippen molar-refractivity contribution in [1.82, 2.24) is 0 Å². The largest absolute Gasteiger partial charge is 0.508 e. The molecule has 0 amide bonds. The molecule has 7 N–H and O–H groups in total. The van der Waals surface area contributed by atoms with Crippen LogP contribution in [-0.4, -0.2) is 51.4 Å². The van der Waals surface area contributed by atoms with Gasteiger partial charge in [-0.2, -0.15) is 0 Å². The van der Waals surface area contributed by atoms with E-state index in [0.717, 1.165) is 0 Å². The Morgan fingerprint density at radius 2 is 0.955 bits per heavy atom.